The Morgan fingerprint density at radius 3 is 1.97 bits per heavy atom. The lowest BCUT2D eigenvalue weighted by molar-refractivity contribution is -0.182. The van der Waals surface area contributed by atoms with E-state index in [2.05, 4.69) is 100 Å². The van der Waals surface area contributed by atoms with E-state index in [9.17, 15) is 19.8 Å². The summed E-state index contributed by atoms with van der Waals surface area (Å²) in [5.74, 6) is -1.29. The van der Waals surface area contributed by atoms with Crippen molar-refractivity contribution in [3.8, 4) is 5.75 Å². The number of carbonyl (C=O) groups excluding carboxylic acids is 1. The summed E-state index contributed by atoms with van der Waals surface area (Å²) in [6.45, 7) is 23.6. The van der Waals surface area contributed by atoms with Gasteiger partial charge in [0.1, 0.15) is 17.8 Å². The first-order valence-corrected chi connectivity index (χ1v) is 14.2. The molecule has 4 atom stereocenters. The summed E-state index contributed by atoms with van der Waals surface area (Å²) in [7, 11) is 2.15. The molecular formula is C32H53NO5. The average molecular weight is 532 g/mol. The Balaban J connectivity index is 2.80. The molecule has 1 aliphatic rings. The van der Waals surface area contributed by atoms with Crippen LogP contribution in [0.2, 0.25) is 0 Å². The molecule has 1 heterocycles. The lowest BCUT2D eigenvalue weighted by atomic mass is 9.63. The second-order valence-corrected chi connectivity index (χ2v) is 14.4. The largest absolute Gasteiger partial charge is 0.507 e. The minimum absolute atomic E-state index is 0.0337. The van der Waals surface area contributed by atoms with Gasteiger partial charge in [-0.1, -0.05) is 73.9 Å². The molecule has 0 saturated carbocycles. The topological polar surface area (TPSA) is 87.1 Å². The Hall–Kier alpha value is -2.08. The van der Waals surface area contributed by atoms with Gasteiger partial charge in [0.05, 0.1) is 0 Å². The number of likely N-dealkylation sites (tertiary alicyclic amines) is 1. The number of nitrogens with zero attached hydrogens (tertiary/aromatic N) is 1. The van der Waals surface area contributed by atoms with Crippen LogP contribution in [0.5, 0.6) is 5.75 Å². The monoisotopic (exact) mass is 531 g/mol. The third-order valence-electron chi connectivity index (χ3n) is 8.93. The lowest BCUT2D eigenvalue weighted by Crippen LogP contribution is -2.62. The SMILES string of the molecule is CCCC(Cc1cc(C(C)(C)C)c(O)c(C(C)(C)C)c1)(OC(=O)CC(=O)O)C1CC(C)(C)N(C)C(C)C1C. The van der Waals surface area contributed by atoms with Crippen molar-refractivity contribution in [1.82, 2.24) is 4.90 Å². The van der Waals surface area contributed by atoms with E-state index < -0.39 is 24.0 Å². The molecule has 1 aromatic carbocycles. The van der Waals surface area contributed by atoms with Gasteiger partial charge in [0.2, 0.25) is 0 Å². The first kappa shape index (κ1) is 32.1. The van der Waals surface area contributed by atoms with Gasteiger partial charge in [0.25, 0.3) is 0 Å². The number of carbonyl (C=O) groups is 2. The van der Waals surface area contributed by atoms with Gasteiger partial charge < -0.3 is 14.9 Å². The molecule has 0 spiro atoms. The third-order valence-corrected chi connectivity index (χ3v) is 8.93. The molecule has 1 aromatic rings. The van der Waals surface area contributed by atoms with Gasteiger partial charge in [0, 0.05) is 23.9 Å². The van der Waals surface area contributed by atoms with Gasteiger partial charge in [-0.05, 0) is 74.1 Å². The number of benzene rings is 1. The van der Waals surface area contributed by atoms with Crippen LogP contribution in [0, 0.1) is 11.8 Å². The molecule has 6 nitrogen and oxygen atoms in total. The maximum Gasteiger partial charge on any atom is 0.317 e. The highest BCUT2D eigenvalue weighted by atomic mass is 16.6. The van der Waals surface area contributed by atoms with E-state index in [1.165, 1.54) is 0 Å². The normalized spacial score (nSPS) is 24.1. The van der Waals surface area contributed by atoms with Gasteiger partial charge in [-0.2, -0.15) is 0 Å². The fourth-order valence-electron chi connectivity index (χ4n) is 6.44. The molecule has 0 radical (unpaired) electrons. The van der Waals surface area contributed by atoms with Crippen LogP contribution in [-0.2, 0) is 31.6 Å². The highest BCUT2D eigenvalue weighted by molar-refractivity contribution is 5.90. The summed E-state index contributed by atoms with van der Waals surface area (Å²) in [5.41, 5.74) is 1.19. The number of rotatable bonds is 8. The molecule has 0 aliphatic carbocycles. The zero-order valence-corrected chi connectivity index (χ0v) is 26.0. The summed E-state index contributed by atoms with van der Waals surface area (Å²) >= 11 is 0. The Morgan fingerprint density at radius 1 is 1.05 bits per heavy atom. The van der Waals surface area contributed by atoms with Crippen LogP contribution in [0.15, 0.2) is 12.1 Å². The third kappa shape index (κ3) is 6.91. The number of carboxylic acid groups (broad SMARTS) is 1. The number of hydrogen-bond donors (Lipinski definition) is 2. The number of phenolic OH excluding ortho intramolecular Hbond substituents is 1. The Bertz CT molecular complexity index is 981. The van der Waals surface area contributed by atoms with E-state index in [4.69, 9.17) is 4.74 Å². The van der Waals surface area contributed by atoms with E-state index >= 15 is 0 Å². The number of carboxylic acids is 1. The fourth-order valence-corrected chi connectivity index (χ4v) is 6.44. The van der Waals surface area contributed by atoms with Crippen LogP contribution < -0.4 is 0 Å². The predicted octanol–water partition coefficient (Wildman–Crippen LogP) is 6.84. The van der Waals surface area contributed by atoms with E-state index in [0.29, 0.717) is 18.6 Å². The highest BCUT2D eigenvalue weighted by Gasteiger charge is 2.52. The number of hydrogen-bond acceptors (Lipinski definition) is 5. The van der Waals surface area contributed by atoms with Crippen LogP contribution >= 0.6 is 0 Å². The molecule has 1 fully saturated rings. The summed E-state index contributed by atoms with van der Waals surface area (Å²) in [6.07, 6.45) is 2.08. The predicted molar refractivity (Wildman–Crippen MR) is 154 cm³/mol. The number of aromatic hydroxyl groups is 1. The molecule has 0 bridgehead atoms. The minimum atomic E-state index is -1.18. The summed E-state index contributed by atoms with van der Waals surface area (Å²) < 4.78 is 6.36. The van der Waals surface area contributed by atoms with E-state index in [1.807, 2.05) is 0 Å². The lowest BCUT2D eigenvalue weighted by Gasteiger charge is -2.56. The summed E-state index contributed by atoms with van der Waals surface area (Å²) in [6, 6.07) is 4.39. The van der Waals surface area contributed by atoms with Crippen molar-refractivity contribution in [3.63, 3.8) is 0 Å². The molecule has 1 saturated heterocycles. The van der Waals surface area contributed by atoms with Crippen LogP contribution in [-0.4, -0.2) is 51.3 Å². The summed E-state index contributed by atoms with van der Waals surface area (Å²) in [4.78, 5) is 26.9. The fraction of sp³-hybridized carbons (Fsp3) is 0.750. The minimum Gasteiger partial charge on any atom is -0.507 e. The van der Waals surface area contributed by atoms with Gasteiger partial charge in [-0.3, -0.25) is 14.5 Å². The molecule has 2 N–H and O–H groups in total. The maximum absolute atomic E-state index is 13.0. The number of piperidine rings is 1. The van der Waals surface area contributed by atoms with E-state index in [-0.39, 0.29) is 34.2 Å². The summed E-state index contributed by atoms with van der Waals surface area (Å²) in [5, 5.41) is 20.7. The number of aliphatic carboxylic acids is 1. The molecular weight excluding hydrogens is 478 g/mol. The van der Waals surface area contributed by atoms with Crippen molar-refractivity contribution >= 4 is 11.9 Å². The van der Waals surface area contributed by atoms with Crippen molar-refractivity contribution in [2.24, 2.45) is 11.8 Å². The van der Waals surface area contributed by atoms with Crippen LogP contribution in [0.1, 0.15) is 119 Å². The first-order valence-electron chi connectivity index (χ1n) is 14.2. The van der Waals surface area contributed by atoms with Crippen LogP contribution in [0.4, 0.5) is 0 Å². The molecule has 6 heteroatoms. The maximum atomic E-state index is 13.0. The number of phenols is 1. The number of esters is 1. The second-order valence-electron chi connectivity index (χ2n) is 14.4. The Kier molecular flexibility index (Phi) is 9.46. The Labute approximate surface area is 231 Å². The molecule has 0 aromatic heterocycles. The zero-order valence-electron chi connectivity index (χ0n) is 26.0. The van der Waals surface area contributed by atoms with Crippen molar-refractivity contribution < 1.29 is 24.5 Å². The van der Waals surface area contributed by atoms with E-state index in [1.54, 1.807) is 0 Å². The smallest absolute Gasteiger partial charge is 0.317 e. The van der Waals surface area contributed by atoms with Gasteiger partial charge >= 0.3 is 11.9 Å². The van der Waals surface area contributed by atoms with Gasteiger partial charge in [-0.15, -0.1) is 0 Å². The molecule has 216 valence electrons. The molecule has 4 unspecified atom stereocenters. The van der Waals surface area contributed by atoms with Crippen LogP contribution in [0.25, 0.3) is 0 Å². The molecule has 1 aliphatic heterocycles. The average Bonchev–Trinajstić information content (AvgIpc) is 2.74. The van der Waals surface area contributed by atoms with Gasteiger partial charge in [0.15, 0.2) is 0 Å². The van der Waals surface area contributed by atoms with Crippen molar-refractivity contribution in [2.45, 2.75) is 136 Å². The van der Waals surface area contributed by atoms with Gasteiger partial charge in [-0.25, -0.2) is 0 Å². The van der Waals surface area contributed by atoms with Crippen molar-refractivity contribution in [2.75, 3.05) is 7.05 Å². The van der Waals surface area contributed by atoms with Crippen molar-refractivity contribution in [3.05, 3.63) is 28.8 Å². The quantitative estimate of drug-likeness (QED) is 0.282. The van der Waals surface area contributed by atoms with Crippen molar-refractivity contribution in [1.29, 1.82) is 0 Å². The standard InChI is InChI=1S/C32H53NO5/c1-13-14-32(38-27(36)17-26(34)35,25-19-31(10,11)33(12)21(3)20(25)2)18-22-15-23(29(4,5)6)28(37)24(16-22)30(7,8)9/h15-16,20-21,25,37H,13-14,17-19H2,1-12H3,(H,34,35). The highest BCUT2D eigenvalue weighted by Crippen LogP contribution is 2.49. The first-order chi connectivity index (χ1) is 17.2. The zero-order chi connectivity index (χ0) is 29.4. The molecule has 2 rings (SSSR count). The second kappa shape index (κ2) is 11.2. The van der Waals surface area contributed by atoms with E-state index in [0.717, 1.165) is 29.5 Å². The number of ether oxygens (including phenoxy) is 1. The van der Waals surface area contributed by atoms with Crippen LogP contribution in [0.3, 0.4) is 0 Å². The molecule has 0 amide bonds. The Morgan fingerprint density at radius 2 is 1.55 bits per heavy atom. The molecule has 38 heavy (non-hydrogen) atoms.